The van der Waals surface area contributed by atoms with E-state index in [2.05, 4.69) is 7.05 Å². The van der Waals surface area contributed by atoms with Crippen LogP contribution < -0.4 is 0 Å². The van der Waals surface area contributed by atoms with Gasteiger partial charge in [0.25, 0.3) is 0 Å². The fraction of sp³-hybridized carbons (Fsp3) is 0. The fourth-order valence-corrected chi connectivity index (χ4v) is 0. The molecule has 3 heteroatoms. The maximum Gasteiger partial charge on any atom is 0 e. The Hall–Kier alpha value is -0.0105. The van der Waals surface area contributed by atoms with Gasteiger partial charge in [0.15, 0.2) is 0 Å². The Morgan fingerprint density at radius 3 is 1.75 bits per heavy atom. The van der Waals surface area contributed by atoms with Crippen LogP contribution >= 0.6 is 0 Å². The Morgan fingerprint density at radius 1 is 1.75 bits per heavy atom. The molecule has 0 aromatic carbocycles. The van der Waals surface area contributed by atoms with E-state index in [-0.39, 0.29) is 17.1 Å². The zero-order valence-electron chi connectivity index (χ0n) is 1.92. The molecule has 0 aliphatic carbocycles. The molecule has 4 heavy (non-hydrogen) atoms. The van der Waals surface area contributed by atoms with E-state index in [4.69, 9.17) is 4.91 Å². The van der Waals surface area contributed by atoms with Crippen molar-refractivity contribution in [3.05, 3.63) is 12.0 Å². The van der Waals surface area contributed by atoms with E-state index in [1.54, 1.807) is 0 Å². The first kappa shape index (κ1) is 9.01. The zero-order chi connectivity index (χ0) is 2.71. The van der Waals surface area contributed by atoms with Crippen LogP contribution in [0.25, 0.3) is 0 Å². The van der Waals surface area contributed by atoms with Crippen LogP contribution in [0.3, 0.4) is 0 Å². The molecule has 0 spiro atoms. The third kappa shape index (κ3) is 17600. The van der Waals surface area contributed by atoms with Crippen LogP contribution in [-0.4, -0.2) is 0 Å². The van der Waals surface area contributed by atoms with Crippen LogP contribution in [0, 0.1) is 12.0 Å². The predicted molar refractivity (Wildman–Crippen MR) is 11.2 cm³/mol. The number of hydrogen-bond acceptors (Lipinski definition) is 2. The molecule has 0 heterocycles. The summed E-state index contributed by atoms with van der Waals surface area (Å²) in [5, 5.41) is 2.00. The Bertz CT molecular complexity index is 15.5. The number of nitrogens with zero attached hydrogens (tertiary/aromatic N) is 1. The van der Waals surface area contributed by atoms with E-state index in [9.17, 15) is 0 Å². The molecule has 0 aliphatic heterocycles. The summed E-state index contributed by atoms with van der Waals surface area (Å²) in [6.45, 7) is 0. The van der Waals surface area contributed by atoms with E-state index in [1.165, 1.54) is 0 Å². The van der Waals surface area contributed by atoms with Gasteiger partial charge in [-0.25, -0.2) is 5.18 Å². The van der Waals surface area contributed by atoms with Gasteiger partial charge in [0, 0.05) is 17.1 Å². The van der Waals surface area contributed by atoms with Gasteiger partial charge in [0.2, 0.25) is 0 Å². The molecule has 0 radical (unpaired) electrons. The molecule has 0 aliphatic rings. The van der Waals surface area contributed by atoms with Crippen LogP contribution in [0.1, 0.15) is 0 Å². The van der Waals surface area contributed by atoms with Crippen LogP contribution in [0.5, 0.6) is 0 Å². The van der Waals surface area contributed by atoms with Crippen molar-refractivity contribution in [3.8, 4) is 0 Å². The summed E-state index contributed by atoms with van der Waals surface area (Å²) in [6, 6.07) is 0. The Kier molecular flexibility index (Phi) is 27.2. The Morgan fingerprint density at radius 2 is 1.75 bits per heavy atom. The van der Waals surface area contributed by atoms with Crippen molar-refractivity contribution in [1.82, 2.24) is 0 Å². The monoisotopic (exact) mass is 99.9 g/mol. The molecular weight excluding hydrogens is 97.9 g/mol. The fourth-order valence-electron chi connectivity index (χ4n) is 0. The maximum atomic E-state index is 8.44. The van der Waals surface area contributed by atoms with Gasteiger partial charge in [-0.1, -0.05) is 0 Å². The summed E-state index contributed by atoms with van der Waals surface area (Å²) >= 11 is 0. The van der Waals surface area contributed by atoms with Crippen LogP contribution in [0.4, 0.5) is 0 Å². The standard InChI is InChI=1S/CH2NO.Fe/c1-2-3;/h1H2;/q-1;. The number of hydrogen-bond donors (Lipinski definition) is 0. The topological polar surface area (TPSA) is 29.4 Å². The summed E-state index contributed by atoms with van der Waals surface area (Å²) in [4.78, 5) is 8.44. The van der Waals surface area contributed by atoms with Gasteiger partial charge < -0.3 is 0 Å². The number of nitroso groups, excluding NO2 is 1. The molecule has 0 aromatic rings. The van der Waals surface area contributed by atoms with Crippen molar-refractivity contribution in [2.24, 2.45) is 5.18 Å². The van der Waals surface area contributed by atoms with Crippen molar-refractivity contribution in [2.45, 2.75) is 0 Å². The molecule has 2 nitrogen and oxygen atoms in total. The second kappa shape index (κ2) is 12.1. The summed E-state index contributed by atoms with van der Waals surface area (Å²) in [6.07, 6.45) is 0. The molecule has 0 unspecified atom stereocenters. The summed E-state index contributed by atoms with van der Waals surface area (Å²) in [7, 11) is 2.56. The minimum atomic E-state index is 0. The van der Waals surface area contributed by atoms with Crippen LogP contribution in [0.2, 0.25) is 0 Å². The average Bonchev–Trinajstić information content (AvgIpc) is 0.918. The van der Waals surface area contributed by atoms with E-state index < -0.39 is 0 Å². The van der Waals surface area contributed by atoms with Gasteiger partial charge in [-0.05, 0) is 0 Å². The molecule has 0 bridgehead atoms. The SMILES string of the molecule is [CH2-]N=O.[Fe]. The van der Waals surface area contributed by atoms with E-state index in [0.29, 0.717) is 0 Å². The van der Waals surface area contributed by atoms with Crippen molar-refractivity contribution < 1.29 is 17.1 Å². The maximum absolute atomic E-state index is 8.44. The van der Waals surface area contributed by atoms with Gasteiger partial charge in [-0.2, -0.15) is 4.91 Å². The molecular formula is CH2FeNO-. The zero-order valence-corrected chi connectivity index (χ0v) is 3.02. The summed E-state index contributed by atoms with van der Waals surface area (Å²) < 4.78 is 0. The second-order valence-electron chi connectivity index (χ2n) is 0.129. The molecule has 0 fully saturated rings. The predicted octanol–water partition coefficient (Wildman–Crippen LogP) is 0.542. The molecule has 0 saturated heterocycles. The van der Waals surface area contributed by atoms with Crippen molar-refractivity contribution >= 4 is 0 Å². The summed E-state index contributed by atoms with van der Waals surface area (Å²) in [5.74, 6) is 0. The molecule has 0 atom stereocenters. The minimum absolute atomic E-state index is 0. The molecule has 0 saturated carbocycles. The molecule has 0 aromatic heterocycles. The Labute approximate surface area is 35.0 Å². The third-order valence-electron chi connectivity index (χ3n) is 0. The molecule has 0 rings (SSSR count). The van der Waals surface area contributed by atoms with E-state index in [1.807, 2.05) is 5.18 Å². The quantitative estimate of drug-likeness (QED) is 0.248. The smallest absolute Gasteiger partial charge is 0 e. The van der Waals surface area contributed by atoms with Crippen molar-refractivity contribution in [1.29, 1.82) is 0 Å². The van der Waals surface area contributed by atoms with Crippen molar-refractivity contribution in [3.63, 3.8) is 0 Å². The van der Waals surface area contributed by atoms with Gasteiger partial charge in [-0.15, -0.1) is 0 Å². The third-order valence-corrected chi connectivity index (χ3v) is 0. The van der Waals surface area contributed by atoms with E-state index in [0.717, 1.165) is 0 Å². The normalized spacial score (nSPS) is 3.00. The molecule has 0 amide bonds. The van der Waals surface area contributed by atoms with Gasteiger partial charge in [0.05, 0.1) is 0 Å². The summed E-state index contributed by atoms with van der Waals surface area (Å²) in [5.41, 5.74) is 0. The largest absolute Gasteiger partial charge is 0.252 e. The first-order valence-corrected chi connectivity index (χ1v) is 0.499. The van der Waals surface area contributed by atoms with Gasteiger partial charge >= 0.3 is 0 Å². The molecule has 0 N–H and O–H groups in total. The van der Waals surface area contributed by atoms with E-state index >= 15 is 0 Å². The Balaban J connectivity index is 0. The first-order chi connectivity index (χ1) is 1.41. The molecule has 26 valence electrons. The average molecular weight is 99.9 g/mol. The van der Waals surface area contributed by atoms with Crippen LogP contribution in [0.15, 0.2) is 5.18 Å². The van der Waals surface area contributed by atoms with Gasteiger partial charge in [0.1, 0.15) is 0 Å². The first-order valence-electron chi connectivity index (χ1n) is 0.499. The van der Waals surface area contributed by atoms with Crippen molar-refractivity contribution in [2.75, 3.05) is 0 Å². The second-order valence-corrected chi connectivity index (χ2v) is 0.129. The minimum Gasteiger partial charge on any atom is -0.252 e. The number of rotatable bonds is 0. The van der Waals surface area contributed by atoms with Crippen LogP contribution in [-0.2, 0) is 17.1 Å². The van der Waals surface area contributed by atoms with Gasteiger partial charge in [-0.3, -0.25) is 7.05 Å².